The van der Waals surface area contributed by atoms with Crippen molar-refractivity contribution in [3.05, 3.63) is 38.5 Å². The third-order valence-corrected chi connectivity index (χ3v) is 6.05. The Hall–Kier alpha value is -1.000. The Bertz CT molecular complexity index is 1170. The molecule has 0 aliphatic heterocycles. The summed E-state index contributed by atoms with van der Waals surface area (Å²) >= 11 is 14.0. The number of carboxylic acid groups (broad SMARTS) is 1. The number of hydrogen-bond donors (Lipinski definition) is 0. The molecule has 0 aliphatic rings. The number of fused-ring (bicyclic) bond motifs is 2. The summed E-state index contributed by atoms with van der Waals surface area (Å²) in [7, 11) is 3.37. The van der Waals surface area contributed by atoms with Gasteiger partial charge in [0, 0.05) is 26.1 Å². The normalized spacial score (nSPS) is 11.0. The molecular formula is C19H18Cl2N3NaO4S. The summed E-state index contributed by atoms with van der Waals surface area (Å²) in [5.41, 5.74) is 0.317. The minimum Gasteiger partial charge on any atom is -0.548 e. The van der Waals surface area contributed by atoms with Gasteiger partial charge in [0.05, 0.1) is 45.0 Å². The number of aromatic nitrogens is 2. The van der Waals surface area contributed by atoms with E-state index in [2.05, 4.69) is 4.98 Å². The molecule has 0 aliphatic carbocycles. The molecule has 154 valence electrons. The molecule has 2 heterocycles. The third-order valence-electron chi connectivity index (χ3n) is 4.52. The Morgan fingerprint density at radius 3 is 2.60 bits per heavy atom. The molecule has 11 heteroatoms. The zero-order valence-corrected chi connectivity index (χ0v) is 21.3. The predicted octanol–water partition coefficient (Wildman–Crippen LogP) is -0.585. The van der Waals surface area contributed by atoms with E-state index in [1.165, 1.54) is 22.4 Å². The summed E-state index contributed by atoms with van der Waals surface area (Å²) in [5.74, 6) is -0.899. The van der Waals surface area contributed by atoms with E-state index in [1.807, 2.05) is 0 Å². The van der Waals surface area contributed by atoms with Crippen LogP contribution in [0.1, 0.15) is 0 Å². The summed E-state index contributed by atoms with van der Waals surface area (Å²) in [6, 6.07) is 4.72. The zero-order chi connectivity index (χ0) is 21.3. The maximum atomic E-state index is 13.1. The minimum atomic E-state index is -1.31. The fourth-order valence-electron chi connectivity index (χ4n) is 3.17. The van der Waals surface area contributed by atoms with Crippen molar-refractivity contribution in [1.82, 2.24) is 9.55 Å². The van der Waals surface area contributed by atoms with Crippen LogP contribution in [-0.2, 0) is 16.1 Å². The average molecular weight is 478 g/mol. The number of halogens is 2. The van der Waals surface area contributed by atoms with Gasteiger partial charge in [-0.05, 0) is 24.5 Å². The summed E-state index contributed by atoms with van der Waals surface area (Å²) in [6.45, 7) is 0.467. The summed E-state index contributed by atoms with van der Waals surface area (Å²) < 4.78 is 6.53. The van der Waals surface area contributed by atoms with Gasteiger partial charge in [-0.1, -0.05) is 23.2 Å². The molecule has 3 rings (SSSR count). The number of benzene rings is 1. The first kappa shape index (κ1) is 25.3. The molecular weight excluding hydrogens is 460 g/mol. The number of likely N-dealkylation sites (N-methyl/N-ethyl adjacent to an activating group) is 1. The first-order valence-corrected chi connectivity index (χ1v) is 10.6. The first-order chi connectivity index (χ1) is 13.8. The predicted molar refractivity (Wildman–Crippen MR) is 115 cm³/mol. The van der Waals surface area contributed by atoms with Crippen molar-refractivity contribution >= 4 is 68.7 Å². The van der Waals surface area contributed by atoms with Crippen LogP contribution >= 0.6 is 35.0 Å². The van der Waals surface area contributed by atoms with E-state index in [4.69, 9.17) is 27.9 Å². The molecule has 0 atom stereocenters. The fourth-order valence-corrected chi connectivity index (χ4v) is 4.53. The van der Waals surface area contributed by atoms with Gasteiger partial charge in [-0.3, -0.25) is 4.79 Å². The van der Waals surface area contributed by atoms with Crippen molar-refractivity contribution in [3.63, 3.8) is 0 Å². The second-order valence-electron chi connectivity index (χ2n) is 6.34. The molecule has 3 aromatic rings. The van der Waals surface area contributed by atoms with Crippen LogP contribution < -0.4 is 45.0 Å². The number of carbonyl (C=O) groups excluding carboxylic acids is 1. The quantitative estimate of drug-likeness (QED) is 0.255. The summed E-state index contributed by atoms with van der Waals surface area (Å²) in [6.07, 6.45) is 1.80. The van der Waals surface area contributed by atoms with Gasteiger partial charge in [0.1, 0.15) is 11.5 Å². The number of nitrogens with zero attached hydrogens (tertiary/aromatic N) is 3. The smallest absolute Gasteiger partial charge is 0.548 e. The van der Waals surface area contributed by atoms with Crippen LogP contribution in [0, 0.1) is 0 Å². The standard InChI is InChI=1S/C19H19Cl2N3O4S.Na/c1-23(6-7-28-2)19-13(21)8-11-16(27)10-4-5-12(20)17(29-3)15(10)24(9-14(25)26)18(11)22-19;/h4-5,8H,6-7,9H2,1-3H3,(H,25,26);/q;+1/p-1. The Kier molecular flexibility index (Phi) is 8.88. The maximum Gasteiger partial charge on any atom is 1.00 e. The van der Waals surface area contributed by atoms with E-state index < -0.39 is 12.5 Å². The van der Waals surface area contributed by atoms with Gasteiger partial charge in [-0.2, -0.15) is 0 Å². The van der Waals surface area contributed by atoms with Crippen LogP contribution in [0.25, 0.3) is 21.9 Å². The van der Waals surface area contributed by atoms with Crippen LogP contribution in [0.15, 0.2) is 27.9 Å². The molecule has 1 aromatic carbocycles. The van der Waals surface area contributed by atoms with Crippen LogP contribution in [0.2, 0.25) is 10.0 Å². The van der Waals surface area contributed by atoms with Crippen molar-refractivity contribution in [2.24, 2.45) is 0 Å². The Balaban J connectivity index is 0.00000320. The van der Waals surface area contributed by atoms with Gasteiger partial charge < -0.3 is 24.1 Å². The van der Waals surface area contributed by atoms with Crippen molar-refractivity contribution < 1.29 is 44.2 Å². The van der Waals surface area contributed by atoms with E-state index in [-0.39, 0.29) is 51.0 Å². The van der Waals surface area contributed by atoms with Gasteiger partial charge in [-0.25, -0.2) is 4.98 Å². The van der Waals surface area contributed by atoms with E-state index in [1.54, 1.807) is 37.4 Å². The Morgan fingerprint density at radius 1 is 1.30 bits per heavy atom. The molecule has 0 N–H and O–H groups in total. The first-order valence-electron chi connectivity index (χ1n) is 8.59. The van der Waals surface area contributed by atoms with E-state index in [9.17, 15) is 14.7 Å². The van der Waals surface area contributed by atoms with E-state index >= 15 is 0 Å². The number of carboxylic acids is 1. The number of methoxy groups -OCH3 is 1. The van der Waals surface area contributed by atoms with Gasteiger partial charge >= 0.3 is 29.6 Å². The molecule has 0 saturated heterocycles. The summed E-state index contributed by atoms with van der Waals surface area (Å²) in [4.78, 5) is 31.6. The maximum absolute atomic E-state index is 13.1. The second kappa shape index (κ2) is 10.5. The van der Waals surface area contributed by atoms with Crippen LogP contribution in [0.3, 0.4) is 0 Å². The SMILES string of the molecule is COCCN(C)c1nc2c(cc1Cl)c(=O)c1ccc(Cl)c(SC)c1n2CC(=O)[O-].[Na+]. The third kappa shape index (κ3) is 4.75. The van der Waals surface area contributed by atoms with Crippen LogP contribution in [0.4, 0.5) is 5.82 Å². The Labute approximate surface area is 209 Å². The number of anilines is 1. The van der Waals surface area contributed by atoms with Gasteiger partial charge in [0.2, 0.25) is 0 Å². The van der Waals surface area contributed by atoms with Crippen LogP contribution in [0.5, 0.6) is 0 Å². The van der Waals surface area contributed by atoms with Crippen molar-refractivity contribution in [1.29, 1.82) is 0 Å². The van der Waals surface area contributed by atoms with Crippen molar-refractivity contribution in [3.8, 4) is 0 Å². The topological polar surface area (TPSA) is 87.5 Å². The second-order valence-corrected chi connectivity index (χ2v) is 7.97. The average Bonchev–Trinajstić information content (AvgIpc) is 2.68. The summed E-state index contributed by atoms with van der Waals surface area (Å²) in [5, 5.41) is 12.8. The monoisotopic (exact) mass is 477 g/mol. The van der Waals surface area contributed by atoms with E-state index in [0.29, 0.717) is 39.8 Å². The molecule has 0 unspecified atom stereocenters. The molecule has 7 nitrogen and oxygen atoms in total. The van der Waals surface area contributed by atoms with Crippen molar-refractivity contribution in [2.75, 3.05) is 38.5 Å². The van der Waals surface area contributed by atoms with Gasteiger partial charge in [-0.15, -0.1) is 11.8 Å². The number of rotatable bonds is 7. The number of pyridine rings is 2. The fraction of sp³-hybridized carbons (Fsp3) is 0.316. The van der Waals surface area contributed by atoms with E-state index in [0.717, 1.165) is 0 Å². The number of ether oxygens (including phenoxy) is 1. The molecule has 0 radical (unpaired) electrons. The number of thioether (sulfide) groups is 1. The molecule has 0 amide bonds. The van der Waals surface area contributed by atoms with Gasteiger partial charge in [0.25, 0.3) is 0 Å². The molecule has 0 spiro atoms. The number of carbonyl (C=O) groups is 1. The molecule has 0 fully saturated rings. The van der Waals surface area contributed by atoms with Crippen LogP contribution in [-0.4, -0.2) is 49.1 Å². The largest absolute Gasteiger partial charge is 1.00 e. The molecule has 0 saturated carbocycles. The van der Waals surface area contributed by atoms with Gasteiger partial charge in [0.15, 0.2) is 5.43 Å². The Morgan fingerprint density at radius 2 is 2.00 bits per heavy atom. The zero-order valence-electron chi connectivity index (χ0n) is 17.0. The molecule has 0 bridgehead atoms. The number of aliphatic carboxylic acids is 1. The van der Waals surface area contributed by atoms with Crippen molar-refractivity contribution in [2.45, 2.75) is 11.4 Å². The minimum absolute atomic E-state index is 0. The number of hydrogen-bond acceptors (Lipinski definition) is 7. The molecule has 2 aromatic heterocycles. The molecule has 30 heavy (non-hydrogen) atoms.